The summed E-state index contributed by atoms with van der Waals surface area (Å²) < 4.78 is 22.2. The molecule has 112 valence electrons. The Morgan fingerprint density at radius 3 is 3.00 bits per heavy atom. The van der Waals surface area contributed by atoms with Gasteiger partial charge in [0.05, 0.1) is 6.61 Å². The lowest BCUT2D eigenvalue weighted by Crippen LogP contribution is -2.12. The minimum atomic E-state index is -0.516. The molecule has 0 radical (unpaired) electrons. The lowest BCUT2D eigenvalue weighted by Gasteiger charge is -2.15. The third kappa shape index (κ3) is 3.49. The summed E-state index contributed by atoms with van der Waals surface area (Å²) in [5, 5.41) is 3.64. The van der Waals surface area contributed by atoms with Crippen molar-refractivity contribution in [3.05, 3.63) is 41.2 Å². The van der Waals surface area contributed by atoms with Gasteiger partial charge in [0.1, 0.15) is 16.4 Å². The average molecular weight is 309 g/mol. The fourth-order valence-corrected chi connectivity index (χ4v) is 2.65. The number of aromatic nitrogens is 1. The first-order valence-corrected chi connectivity index (χ1v) is 7.24. The molecule has 0 bridgehead atoms. The summed E-state index contributed by atoms with van der Waals surface area (Å²) in [6, 6.07) is 6.05. The largest absolute Gasteiger partial charge is 0.462 e. The fourth-order valence-electron chi connectivity index (χ4n) is 1.86. The smallest absolute Gasteiger partial charge is 0.344 e. The molecule has 5 nitrogen and oxygen atoms in total. The van der Waals surface area contributed by atoms with Crippen LogP contribution in [-0.4, -0.2) is 16.9 Å². The van der Waals surface area contributed by atoms with Crippen LogP contribution in [0.5, 0.6) is 0 Å². The van der Waals surface area contributed by atoms with Gasteiger partial charge in [-0.25, -0.2) is 9.18 Å². The number of esters is 1. The van der Waals surface area contributed by atoms with Crippen molar-refractivity contribution in [2.24, 2.45) is 0 Å². The molecule has 0 aliphatic rings. The van der Waals surface area contributed by atoms with Gasteiger partial charge >= 0.3 is 5.97 Å². The van der Waals surface area contributed by atoms with E-state index in [2.05, 4.69) is 9.69 Å². The summed E-state index contributed by atoms with van der Waals surface area (Å²) in [7, 11) is 0. The zero-order valence-electron chi connectivity index (χ0n) is 11.7. The van der Waals surface area contributed by atoms with Crippen LogP contribution in [0.2, 0.25) is 0 Å². The van der Waals surface area contributed by atoms with E-state index in [0.717, 1.165) is 17.1 Å². The number of benzene rings is 1. The van der Waals surface area contributed by atoms with Crippen LogP contribution >= 0.6 is 11.5 Å². The van der Waals surface area contributed by atoms with Gasteiger partial charge in [0, 0.05) is 6.04 Å². The lowest BCUT2D eigenvalue weighted by atomic mass is 10.1. The molecule has 21 heavy (non-hydrogen) atoms. The topological polar surface area (TPSA) is 77.2 Å². The molecule has 1 heterocycles. The number of nitrogens with two attached hydrogens (primary N) is 1. The molecular weight excluding hydrogens is 293 g/mol. The number of carbonyl (C=O) groups excluding carboxylic acids is 1. The SMILES string of the molecule is CCOC(=O)c1c(N)nsc1NC(C)c1cccc(F)c1. The van der Waals surface area contributed by atoms with Gasteiger partial charge in [-0.05, 0) is 43.1 Å². The predicted molar refractivity (Wildman–Crippen MR) is 80.9 cm³/mol. The summed E-state index contributed by atoms with van der Waals surface area (Å²) in [6.45, 7) is 3.84. The number of rotatable bonds is 5. The van der Waals surface area contributed by atoms with E-state index in [1.165, 1.54) is 12.1 Å². The second kappa shape index (κ2) is 6.53. The van der Waals surface area contributed by atoms with E-state index in [1.54, 1.807) is 19.1 Å². The van der Waals surface area contributed by atoms with Crippen molar-refractivity contribution in [3.63, 3.8) is 0 Å². The van der Waals surface area contributed by atoms with Crippen molar-refractivity contribution >= 4 is 28.3 Å². The third-order valence-corrected chi connectivity index (χ3v) is 3.69. The highest BCUT2D eigenvalue weighted by Gasteiger charge is 2.22. The molecule has 0 aliphatic heterocycles. The minimum Gasteiger partial charge on any atom is -0.462 e. The van der Waals surface area contributed by atoms with Gasteiger partial charge in [0.15, 0.2) is 5.82 Å². The van der Waals surface area contributed by atoms with E-state index >= 15 is 0 Å². The van der Waals surface area contributed by atoms with E-state index in [4.69, 9.17) is 10.5 Å². The van der Waals surface area contributed by atoms with Crippen molar-refractivity contribution in [3.8, 4) is 0 Å². The first-order valence-electron chi connectivity index (χ1n) is 6.47. The zero-order chi connectivity index (χ0) is 15.4. The normalized spacial score (nSPS) is 12.0. The molecule has 2 aromatic rings. The Balaban J connectivity index is 2.22. The third-order valence-electron chi connectivity index (χ3n) is 2.89. The molecule has 1 aromatic heterocycles. The average Bonchev–Trinajstić information content (AvgIpc) is 2.80. The molecule has 0 saturated carbocycles. The summed E-state index contributed by atoms with van der Waals surface area (Å²) >= 11 is 1.08. The monoisotopic (exact) mass is 309 g/mol. The predicted octanol–water partition coefficient (Wildman–Crippen LogP) is 3.21. The van der Waals surface area contributed by atoms with E-state index in [0.29, 0.717) is 5.00 Å². The van der Waals surface area contributed by atoms with Crippen LogP contribution in [0.15, 0.2) is 24.3 Å². The van der Waals surface area contributed by atoms with Crippen molar-refractivity contribution in [1.29, 1.82) is 0 Å². The van der Waals surface area contributed by atoms with Crippen LogP contribution in [0, 0.1) is 5.82 Å². The van der Waals surface area contributed by atoms with Crippen molar-refractivity contribution in [2.45, 2.75) is 19.9 Å². The Bertz CT molecular complexity index is 645. The van der Waals surface area contributed by atoms with Crippen molar-refractivity contribution in [1.82, 2.24) is 4.37 Å². The molecular formula is C14H16FN3O2S. The van der Waals surface area contributed by atoms with Crippen LogP contribution in [0.3, 0.4) is 0 Å². The summed E-state index contributed by atoms with van der Waals surface area (Å²) in [4.78, 5) is 11.9. The Labute approximate surface area is 126 Å². The number of carbonyl (C=O) groups is 1. The maximum absolute atomic E-state index is 13.2. The van der Waals surface area contributed by atoms with Crippen LogP contribution in [0.25, 0.3) is 0 Å². The number of nitrogens with zero attached hydrogens (tertiary/aromatic N) is 1. The standard InChI is InChI=1S/C14H16FN3O2S/c1-3-20-14(19)11-12(16)18-21-13(11)17-8(2)9-5-4-6-10(15)7-9/h4-8,17H,3H2,1-2H3,(H2,16,18). The van der Waals surface area contributed by atoms with Gasteiger partial charge in [-0.2, -0.15) is 4.37 Å². The fraction of sp³-hybridized carbons (Fsp3) is 0.286. The Kier molecular flexibility index (Phi) is 4.74. The first-order chi connectivity index (χ1) is 10.0. The Morgan fingerprint density at radius 1 is 1.57 bits per heavy atom. The van der Waals surface area contributed by atoms with Crippen LogP contribution < -0.4 is 11.1 Å². The van der Waals surface area contributed by atoms with Crippen molar-refractivity contribution < 1.29 is 13.9 Å². The number of anilines is 2. The number of nitrogens with one attached hydrogen (secondary N) is 1. The lowest BCUT2D eigenvalue weighted by molar-refractivity contribution is 0.0529. The van der Waals surface area contributed by atoms with E-state index in [9.17, 15) is 9.18 Å². The summed E-state index contributed by atoms with van der Waals surface area (Å²) in [5.41, 5.74) is 6.70. The van der Waals surface area contributed by atoms with E-state index < -0.39 is 5.97 Å². The van der Waals surface area contributed by atoms with E-state index in [1.807, 2.05) is 6.92 Å². The molecule has 1 aromatic carbocycles. The van der Waals surface area contributed by atoms with Gasteiger partial charge in [-0.3, -0.25) is 0 Å². The second-order valence-corrected chi connectivity index (χ2v) is 5.19. The van der Waals surface area contributed by atoms with E-state index in [-0.39, 0.29) is 29.8 Å². The van der Waals surface area contributed by atoms with Gasteiger partial charge in [0.2, 0.25) is 0 Å². The maximum atomic E-state index is 13.2. The number of halogens is 1. The van der Waals surface area contributed by atoms with Crippen molar-refractivity contribution in [2.75, 3.05) is 17.7 Å². The number of hydrogen-bond donors (Lipinski definition) is 2. The van der Waals surface area contributed by atoms with Gasteiger partial charge in [-0.15, -0.1) is 0 Å². The minimum absolute atomic E-state index is 0.132. The second-order valence-electron chi connectivity index (χ2n) is 4.41. The zero-order valence-corrected chi connectivity index (χ0v) is 12.5. The molecule has 0 amide bonds. The molecule has 2 rings (SSSR count). The van der Waals surface area contributed by atoms with Gasteiger partial charge in [-0.1, -0.05) is 12.1 Å². The Morgan fingerprint density at radius 2 is 2.33 bits per heavy atom. The summed E-state index contributed by atoms with van der Waals surface area (Å²) in [6.07, 6.45) is 0. The Hall–Kier alpha value is -2.15. The molecule has 0 spiro atoms. The molecule has 3 N–H and O–H groups in total. The number of ether oxygens (including phenoxy) is 1. The maximum Gasteiger partial charge on any atom is 0.344 e. The summed E-state index contributed by atoms with van der Waals surface area (Å²) in [5.74, 6) is -0.694. The van der Waals surface area contributed by atoms with Crippen LogP contribution in [0.1, 0.15) is 35.8 Å². The quantitative estimate of drug-likeness (QED) is 0.829. The van der Waals surface area contributed by atoms with Crippen LogP contribution in [-0.2, 0) is 4.74 Å². The number of hydrogen-bond acceptors (Lipinski definition) is 6. The first kappa shape index (κ1) is 15.2. The highest BCUT2D eigenvalue weighted by Crippen LogP contribution is 2.31. The molecule has 1 atom stereocenters. The van der Waals surface area contributed by atoms with Gasteiger partial charge < -0.3 is 15.8 Å². The molecule has 0 aliphatic carbocycles. The highest BCUT2D eigenvalue weighted by molar-refractivity contribution is 7.11. The molecule has 0 saturated heterocycles. The number of nitrogen functional groups attached to an aromatic ring is 1. The molecule has 7 heteroatoms. The molecule has 0 fully saturated rings. The molecule has 1 unspecified atom stereocenters. The van der Waals surface area contributed by atoms with Gasteiger partial charge in [0.25, 0.3) is 0 Å². The highest BCUT2D eigenvalue weighted by atomic mass is 32.1. The van der Waals surface area contributed by atoms with Crippen LogP contribution in [0.4, 0.5) is 15.2 Å².